The number of aryl methyl sites for hydroxylation is 1. The minimum atomic E-state index is -4.41. The lowest BCUT2D eigenvalue weighted by Crippen LogP contribution is -2.07. The van der Waals surface area contributed by atoms with Gasteiger partial charge in [0.2, 0.25) is 0 Å². The van der Waals surface area contributed by atoms with Crippen LogP contribution in [-0.4, -0.2) is 0 Å². The standard InChI is InChI=1S/C8H5F3N3/c1-4-2-3-5-7(13-14-12-5)6(4)8(9,10)11/h2-3H,1H3. The van der Waals surface area contributed by atoms with E-state index in [1.165, 1.54) is 19.1 Å². The van der Waals surface area contributed by atoms with Gasteiger partial charge in [0.05, 0.1) is 5.56 Å². The lowest BCUT2D eigenvalue weighted by molar-refractivity contribution is -0.137. The molecule has 3 nitrogen and oxygen atoms in total. The summed E-state index contributed by atoms with van der Waals surface area (Å²) in [6.07, 6.45) is -4.41. The highest BCUT2D eigenvalue weighted by Gasteiger charge is 2.37. The van der Waals surface area contributed by atoms with Crippen molar-refractivity contribution in [3.8, 4) is 0 Å². The van der Waals surface area contributed by atoms with Gasteiger partial charge in [0.25, 0.3) is 0 Å². The first-order chi connectivity index (χ1) is 6.50. The molecule has 1 aliphatic heterocycles. The molecule has 6 heteroatoms. The van der Waals surface area contributed by atoms with Crippen molar-refractivity contribution in [3.05, 3.63) is 23.3 Å². The quantitative estimate of drug-likeness (QED) is 0.616. The molecule has 1 aliphatic rings. The molecule has 0 saturated heterocycles. The molecule has 0 aliphatic carbocycles. The molecule has 1 aromatic carbocycles. The molecule has 14 heavy (non-hydrogen) atoms. The lowest BCUT2D eigenvalue weighted by Gasteiger charge is -2.11. The summed E-state index contributed by atoms with van der Waals surface area (Å²) in [7, 11) is 0. The first-order valence-corrected chi connectivity index (χ1v) is 3.82. The van der Waals surface area contributed by atoms with Crippen LogP contribution in [0.4, 0.5) is 24.5 Å². The van der Waals surface area contributed by atoms with Gasteiger partial charge in [-0.2, -0.15) is 13.2 Å². The topological polar surface area (TPSA) is 38.8 Å². The van der Waals surface area contributed by atoms with E-state index < -0.39 is 11.7 Å². The molecule has 1 radical (unpaired) electrons. The molecule has 0 amide bonds. The zero-order chi connectivity index (χ0) is 10.3. The Balaban J connectivity index is 2.69. The van der Waals surface area contributed by atoms with Crippen molar-refractivity contribution in [2.75, 3.05) is 0 Å². The van der Waals surface area contributed by atoms with Gasteiger partial charge in [0.15, 0.2) is 0 Å². The number of nitrogens with zero attached hydrogens (tertiary/aromatic N) is 3. The molecule has 0 aromatic heterocycles. The van der Waals surface area contributed by atoms with Gasteiger partial charge in [-0.1, -0.05) is 6.07 Å². The predicted molar refractivity (Wildman–Crippen MR) is 42.5 cm³/mol. The molecule has 1 aromatic rings. The van der Waals surface area contributed by atoms with E-state index in [9.17, 15) is 13.2 Å². The third kappa shape index (κ3) is 1.23. The maximum atomic E-state index is 12.6. The molecule has 2 rings (SSSR count). The van der Waals surface area contributed by atoms with Gasteiger partial charge in [0, 0.05) is 0 Å². The van der Waals surface area contributed by atoms with Crippen molar-refractivity contribution in [3.63, 3.8) is 0 Å². The summed E-state index contributed by atoms with van der Waals surface area (Å²) in [5.74, 6) is 0. The Morgan fingerprint density at radius 2 is 1.93 bits per heavy atom. The van der Waals surface area contributed by atoms with Crippen LogP contribution in [0.5, 0.6) is 0 Å². The molecule has 0 N–H and O–H groups in total. The zero-order valence-corrected chi connectivity index (χ0v) is 7.13. The highest BCUT2D eigenvalue weighted by molar-refractivity contribution is 5.69. The van der Waals surface area contributed by atoms with Crippen molar-refractivity contribution < 1.29 is 13.2 Å². The second kappa shape index (κ2) is 2.70. The van der Waals surface area contributed by atoms with Crippen molar-refractivity contribution in [2.45, 2.75) is 13.1 Å². The second-order valence-electron chi connectivity index (χ2n) is 2.91. The van der Waals surface area contributed by atoms with Gasteiger partial charge in [-0.05, 0) is 23.8 Å². The van der Waals surface area contributed by atoms with Gasteiger partial charge < -0.3 is 0 Å². The monoisotopic (exact) mass is 200 g/mol. The minimum absolute atomic E-state index is 0.132. The van der Waals surface area contributed by atoms with Crippen LogP contribution in [0, 0.1) is 6.92 Å². The summed E-state index contributed by atoms with van der Waals surface area (Å²) in [6.45, 7) is 1.39. The second-order valence-corrected chi connectivity index (χ2v) is 2.91. The lowest BCUT2D eigenvalue weighted by atomic mass is 10.1. The molecular weight excluding hydrogens is 195 g/mol. The fraction of sp³-hybridized carbons (Fsp3) is 0.250. The van der Waals surface area contributed by atoms with Crippen LogP contribution < -0.4 is 5.43 Å². The van der Waals surface area contributed by atoms with Gasteiger partial charge in [-0.3, -0.25) is 0 Å². The molecule has 0 saturated carbocycles. The van der Waals surface area contributed by atoms with Crippen LogP contribution >= 0.6 is 0 Å². The summed E-state index contributed by atoms with van der Waals surface area (Å²) < 4.78 is 37.7. The summed E-state index contributed by atoms with van der Waals surface area (Å²) in [6, 6.07) is 2.83. The van der Waals surface area contributed by atoms with Gasteiger partial charge in [-0.15, -0.1) is 10.5 Å². The highest BCUT2D eigenvalue weighted by Crippen LogP contribution is 2.44. The van der Waals surface area contributed by atoms with E-state index in [1.54, 1.807) is 0 Å². The number of benzene rings is 1. The summed E-state index contributed by atoms with van der Waals surface area (Å²) >= 11 is 0. The number of fused-ring (bicyclic) bond motifs is 1. The van der Waals surface area contributed by atoms with Crippen molar-refractivity contribution in [1.82, 2.24) is 5.43 Å². The van der Waals surface area contributed by atoms with E-state index in [0.29, 0.717) is 0 Å². The SMILES string of the molecule is Cc1ccc2c(c1C(F)(F)F)N=N[N]2. The molecule has 1 heterocycles. The molecule has 0 atom stereocenters. The van der Waals surface area contributed by atoms with E-state index in [1.807, 2.05) is 0 Å². The maximum absolute atomic E-state index is 12.6. The van der Waals surface area contributed by atoms with E-state index in [4.69, 9.17) is 0 Å². The zero-order valence-electron chi connectivity index (χ0n) is 7.13. The van der Waals surface area contributed by atoms with Crippen molar-refractivity contribution in [1.29, 1.82) is 0 Å². The van der Waals surface area contributed by atoms with Crippen LogP contribution in [0.25, 0.3) is 0 Å². The largest absolute Gasteiger partial charge is 0.418 e. The van der Waals surface area contributed by atoms with Crippen LogP contribution in [-0.2, 0) is 6.18 Å². The number of hydrogen-bond donors (Lipinski definition) is 0. The van der Waals surface area contributed by atoms with Crippen LogP contribution in [0.1, 0.15) is 11.1 Å². The summed E-state index contributed by atoms with van der Waals surface area (Å²) in [4.78, 5) is 0. The van der Waals surface area contributed by atoms with Crippen LogP contribution in [0.15, 0.2) is 22.5 Å². The van der Waals surface area contributed by atoms with E-state index in [-0.39, 0.29) is 16.9 Å². The Kier molecular flexibility index (Phi) is 1.73. The molecule has 0 bridgehead atoms. The third-order valence-corrected chi connectivity index (χ3v) is 1.95. The Morgan fingerprint density at radius 3 is 2.57 bits per heavy atom. The van der Waals surface area contributed by atoms with E-state index >= 15 is 0 Å². The smallest absolute Gasteiger partial charge is 0.166 e. The molecule has 0 fully saturated rings. The average molecular weight is 200 g/mol. The fourth-order valence-electron chi connectivity index (χ4n) is 1.34. The Bertz CT molecular complexity index is 409. The minimum Gasteiger partial charge on any atom is -0.166 e. The van der Waals surface area contributed by atoms with Crippen molar-refractivity contribution in [2.24, 2.45) is 10.3 Å². The van der Waals surface area contributed by atoms with Gasteiger partial charge in [-0.25, -0.2) is 0 Å². The average Bonchev–Trinajstić information content (AvgIpc) is 2.48. The fourth-order valence-corrected chi connectivity index (χ4v) is 1.34. The maximum Gasteiger partial charge on any atom is 0.418 e. The number of alkyl halides is 3. The first kappa shape index (κ1) is 8.98. The van der Waals surface area contributed by atoms with Gasteiger partial charge >= 0.3 is 6.18 Å². The first-order valence-electron chi connectivity index (χ1n) is 3.82. The number of hydrogen-bond acceptors (Lipinski definition) is 2. The Morgan fingerprint density at radius 1 is 1.21 bits per heavy atom. The van der Waals surface area contributed by atoms with Crippen molar-refractivity contribution >= 4 is 11.4 Å². The van der Waals surface area contributed by atoms with Gasteiger partial charge in [0.1, 0.15) is 11.4 Å². The molecule has 73 valence electrons. The normalized spacial score (nSPS) is 14.0. The summed E-state index contributed by atoms with van der Waals surface area (Å²) in [5, 5.41) is 6.58. The molecule has 0 unspecified atom stereocenters. The number of halogens is 3. The highest BCUT2D eigenvalue weighted by atomic mass is 19.4. The Labute approximate surface area is 77.6 Å². The molecule has 0 spiro atoms. The third-order valence-electron chi connectivity index (χ3n) is 1.95. The number of rotatable bonds is 0. The predicted octanol–water partition coefficient (Wildman–Crippen LogP) is 3.26. The van der Waals surface area contributed by atoms with Crippen LogP contribution in [0.2, 0.25) is 0 Å². The van der Waals surface area contributed by atoms with E-state index in [0.717, 1.165) is 0 Å². The van der Waals surface area contributed by atoms with E-state index in [2.05, 4.69) is 15.8 Å². The summed E-state index contributed by atoms with van der Waals surface area (Å²) in [5.41, 5.74) is 2.84. The Hall–Kier alpha value is -1.59. The van der Waals surface area contributed by atoms with Crippen LogP contribution in [0.3, 0.4) is 0 Å². The molecular formula is C8H5F3N3.